The lowest BCUT2D eigenvalue weighted by Crippen LogP contribution is -2.38. The number of amides is 1. The molecule has 0 saturated carbocycles. The Hall–Kier alpha value is -1.95. The molecule has 0 unspecified atom stereocenters. The van der Waals surface area contributed by atoms with Gasteiger partial charge in [0.15, 0.2) is 5.78 Å². The van der Waals surface area contributed by atoms with E-state index in [0.717, 1.165) is 11.1 Å². The standard InChI is InChI=1S/C21H31FN2O3/c1-21(2,3)27-20(26)23-11-8-16-4-6-17(7-5-16)14-19(25)15-24-12-9-18(22)10-13-24/h4-7,18H,8-15H2,1-3H3,(H,23,26). The molecule has 0 spiro atoms. The zero-order valence-corrected chi connectivity index (χ0v) is 16.6. The van der Waals surface area contributed by atoms with Gasteiger partial charge in [-0.2, -0.15) is 0 Å². The van der Waals surface area contributed by atoms with Crippen molar-refractivity contribution in [3.05, 3.63) is 35.4 Å². The van der Waals surface area contributed by atoms with Crippen molar-refractivity contribution in [2.24, 2.45) is 0 Å². The van der Waals surface area contributed by atoms with Gasteiger partial charge in [0.25, 0.3) is 0 Å². The predicted octanol–water partition coefficient (Wildman–Crippen LogP) is 3.30. The average Bonchev–Trinajstić information content (AvgIpc) is 2.57. The maximum Gasteiger partial charge on any atom is 0.407 e. The zero-order valence-electron chi connectivity index (χ0n) is 16.6. The number of rotatable bonds is 7. The van der Waals surface area contributed by atoms with Gasteiger partial charge in [-0.1, -0.05) is 24.3 Å². The van der Waals surface area contributed by atoms with Gasteiger partial charge >= 0.3 is 6.09 Å². The van der Waals surface area contributed by atoms with E-state index < -0.39 is 17.9 Å². The van der Waals surface area contributed by atoms with Crippen LogP contribution in [-0.2, 0) is 22.4 Å². The third kappa shape index (κ3) is 8.52. The molecule has 1 fully saturated rings. The fourth-order valence-corrected chi connectivity index (χ4v) is 3.04. The van der Waals surface area contributed by atoms with Crippen LogP contribution in [0.15, 0.2) is 24.3 Å². The van der Waals surface area contributed by atoms with Gasteiger partial charge in [0, 0.05) is 26.1 Å². The summed E-state index contributed by atoms with van der Waals surface area (Å²) in [7, 11) is 0. The Morgan fingerprint density at radius 2 is 1.74 bits per heavy atom. The maximum absolute atomic E-state index is 13.1. The van der Waals surface area contributed by atoms with Gasteiger partial charge in [-0.15, -0.1) is 0 Å². The highest BCUT2D eigenvalue weighted by molar-refractivity contribution is 5.82. The number of nitrogens with zero attached hydrogens (tertiary/aromatic N) is 1. The second-order valence-corrected chi connectivity index (χ2v) is 8.16. The summed E-state index contributed by atoms with van der Waals surface area (Å²) in [6.07, 6.45) is 1.02. The number of benzene rings is 1. The van der Waals surface area contributed by atoms with Crippen molar-refractivity contribution >= 4 is 11.9 Å². The Kier molecular flexibility index (Phi) is 7.78. The second kappa shape index (κ2) is 9.83. The fraction of sp³-hybridized carbons (Fsp3) is 0.619. The molecule has 150 valence electrons. The smallest absolute Gasteiger partial charge is 0.407 e. The molecule has 0 aromatic heterocycles. The number of alkyl carbamates (subject to hydrolysis) is 1. The quantitative estimate of drug-likeness (QED) is 0.791. The van der Waals surface area contributed by atoms with Crippen molar-refractivity contribution in [2.45, 2.75) is 58.2 Å². The molecule has 1 aromatic rings. The van der Waals surface area contributed by atoms with E-state index in [-0.39, 0.29) is 5.78 Å². The molecule has 0 aliphatic carbocycles. The number of carbonyl (C=O) groups is 2. The number of hydrogen-bond acceptors (Lipinski definition) is 4. The molecule has 1 saturated heterocycles. The lowest BCUT2D eigenvalue weighted by molar-refractivity contribution is -0.120. The van der Waals surface area contributed by atoms with Gasteiger partial charge < -0.3 is 10.1 Å². The van der Waals surface area contributed by atoms with E-state index in [4.69, 9.17) is 4.74 Å². The molecule has 0 atom stereocenters. The number of halogens is 1. The van der Waals surface area contributed by atoms with Crippen LogP contribution in [0.25, 0.3) is 0 Å². The molecule has 0 radical (unpaired) electrons. The Labute approximate surface area is 161 Å². The minimum atomic E-state index is -0.714. The van der Waals surface area contributed by atoms with Crippen LogP contribution in [0.1, 0.15) is 44.7 Å². The van der Waals surface area contributed by atoms with Crippen LogP contribution in [0.2, 0.25) is 0 Å². The molecule has 1 N–H and O–H groups in total. The van der Waals surface area contributed by atoms with Crippen LogP contribution in [0.4, 0.5) is 9.18 Å². The number of alkyl halides is 1. The number of ketones is 1. The first kappa shape index (κ1) is 21.4. The normalized spacial score (nSPS) is 16.1. The molecule has 1 aliphatic heterocycles. The van der Waals surface area contributed by atoms with E-state index in [0.29, 0.717) is 51.9 Å². The van der Waals surface area contributed by atoms with E-state index in [9.17, 15) is 14.0 Å². The van der Waals surface area contributed by atoms with Crippen molar-refractivity contribution in [1.29, 1.82) is 0 Å². The highest BCUT2D eigenvalue weighted by Gasteiger charge is 2.20. The zero-order chi connectivity index (χ0) is 19.9. The van der Waals surface area contributed by atoms with E-state index in [1.165, 1.54) is 0 Å². The van der Waals surface area contributed by atoms with Crippen molar-refractivity contribution in [3.63, 3.8) is 0 Å². The molecule has 1 amide bonds. The molecule has 5 nitrogen and oxygen atoms in total. The van der Waals surface area contributed by atoms with Gasteiger partial charge in [0.1, 0.15) is 11.8 Å². The van der Waals surface area contributed by atoms with Gasteiger partial charge in [-0.05, 0) is 51.2 Å². The van der Waals surface area contributed by atoms with Crippen molar-refractivity contribution in [2.75, 3.05) is 26.2 Å². The Morgan fingerprint density at radius 3 is 2.33 bits per heavy atom. The number of hydrogen-bond donors (Lipinski definition) is 1. The van der Waals surface area contributed by atoms with E-state index in [1.807, 2.05) is 49.9 Å². The number of nitrogens with one attached hydrogen (secondary N) is 1. The highest BCUT2D eigenvalue weighted by Crippen LogP contribution is 2.13. The minimum absolute atomic E-state index is 0.159. The Bertz CT molecular complexity index is 617. The van der Waals surface area contributed by atoms with Gasteiger partial charge in [-0.25, -0.2) is 9.18 Å². The molecule has 1 aromatic carbocycles. The van der Waals surface area contributed by atoms with Crippen molar-refractivity contribution < 1.29 is 18.7 Å². The summed E-state index contributed by atoms with van der Waals surface area (Å²) in [4.78, 5) is 25.9. The number of likely N-dealkylation sites (tertiary alicyclic amines) is 1. The molecular formula is C21H31FN2O3. The van der Waals surface area contributed by atoms with Gasteiger partial charge in [0.2, 0.25) is 0 Å². The predicted molar refractivity (Wildman–Crippen MR) is 104 cm³/mol. The number of ether oxygens (including phenoxy) is 1. The van der Waals surface area contributed by atoms with E-state index in [1.54, 1.807) is 0 Å². The third-order valence-corrected chi connectivity index (χ3v) is 4.42. The van der Waals surface area contributed by atoms with Crippen LogP contribution in [0.5, 0.6) is 0 Å². The molecule has 2 rings (SSSR count). The Balaban J connectivity index is 1.70. The monoisotopic (exact) mass is 378 g/mol. The van der Waals surface area contributed by atoms with Crippen LogP contribution in [0.3, 0.4) is 0 Å². The van der Waals surface area contributed by atoms with Crippen LogP contribution in [-0.4, -0.2) is 54.7 Å². The first-order valence-corrected chi connectivity index (χ1v) is 9.64. The number of carbonyl (C=O) groups excluding carboxylic acids is 2. The summed E-state index contributed by atoms with van der Waals surface area (Å²) in [6.45, 7) is 7.71. The minimum Gasteiger partial charge on any atom is -0.444 e. The van der Waals surface area contributed by atoms with Crippen LogP contribution < -0.4 is 5.32 Å². The van der Waals surface area contributed by atoms with Crippen molar-refractivity contribution in [1.82, 2.24) is 10.2 Å². The Morgan fingerprint density at radius 1 is 1.15 bits per heavy atom. The lowest BCUT2D eigenvalue weighted by atomic mass is 10.0. The van der Waals surface area contributed by atoms with Crippen molar-refractivity contribution in [3.8, 4) is 0 Å². The van der Waals surface area contributed by atoms with Gasteiger partial charge in [-0.3, -0.25) is 9.69 Å². The first-order valence-electron chi connectivity index (χ1n) is 9.64. The SMILES string of the molecule is CC(C)(C)OC(=O)NCCc1ccc(CC(=O)CN2CCC(F)CC2)cc1. The summed E-state index contributed by atoms with van der Waals surface area (Å²) in [5, 5.41) is 2.74. The summed E-state index contributed by atoms with van der Waals surface area (Å²) < 4.78 is 18.3. The van der Waals surface area contributed by atoms with Crippen LogP contribution >= 0.6 is 0 Å². The first-order chi connectivity index (χ1) is 12.7. The average molecular weight is 378 g/mol. The number of Topliss-reactive ketones (excluding diaryl/α,β-unsaturated/α-hetero) is 1. The van der Waals surface area contributed by atoms with Gasteiger partial charge in [0.05, 0.1) is 6.54 Å². The second-order valence-electron chi connectivity index (χ2n) is 8.16. The maximum atomic E-state index is 13.1. The van der Waals surface area contributed by atoms with Crippen LogP contribution in [0, 0.1) is 0 Å². The molecule has 1 heterocycles. The summed E-state index contributed by atoms with van der Waals surface area (Å²) in [6, 6.07) is 7.87. The van der Waals surface area contributed by atoms with E-state index in [2.05, 4.69) is 5.32 Å². The summed E-state index contributed by atoms with van der Waals surface area (Å²) in [5.41, 5.74) is 1.57. The largest absolute Gasteiger partial charge is 0.444 e. The third-order valence-electron chi connectivity index (χ3n) is 4.42. The molecule has 27 heavy (non-hydrogen) atoms. The number of piperidine rings is 1. The molecule has 0 bridgehead atoms. The molecular weight excluding hydrogens is 347 g/mol. The summed E-state index contributed by atoms with van der Waals surface area (Å²) >= 11 is 0. The lowest BCUT2D eigenvalue weighted by Gasteiger charge is -2.27. The van der Waals surface area contributed by atoms with E-state index >= 15 is 0 Å². The fourth-order valence-electron chi connectivity index (χ4n) is 3.04. The highest BCUT2D eigenvalue weighted by atomic mass is 19.1. The summed E-state index contributed by atoms with van der Waals surface area (Å²) in [5.74, 6) is 0.159. The molecule has 6 heteroatoms. The molecule has 1 aliphatic rings. The topological polar surface area (TPSA) is 58.6 Å².